The summed E-state index contributed by atoms with van der Waals surface area (Å²) in [5.41, 5.74) is 4.09. The lowest BCUT2D eigenvalue weighted by Crippen LogP contribution is -1.93. The molecular weight excluding hydrogens is 260 g/mol. The molecule has 2 aromatic rings. The number of fused-ring (bicyclic) bond motifs is 1. The van der Waals surface area contributed by atoms with Crippen LogP contribution >= 0.6 is 0 Å². The third-order valence-corrected chi connectivity index (χ3v) is 3.77. The molecule has 2 nitrogen and oxygen atoms in total. The molecule has 0 saturated carbocycles. The number of aryl methyl sites for hydroxylation is 1. The zero-order chi connectivity index (χ0) is 14.5. The van der Waals surface area contributed by atoms with Crippen LogP contribution in [0.15, 0.2) is 60.2 Å². The Hall–Kier alpha value is -2.22. The van der Waals surface area contributed by atoms with Crippen molar-refractivity contribution >= 4 is 0 Å². The molecule has 21 heavy (non-hydrogen) atoms. The van der Waals surface area contributed by atoms with Crippen molar-refractivity contribution in [2.45, 2.75) is 26.2 Å². The first kappa shape index (κ1) is 13.7. The summed E-state index contributed by atoms with van der Waals surface area (Å²) in [6.45, 7) is 2.55. The van der Waals surface area contributed by atoms with Gasteiger partial charge < -0.3 is 9.47 Å². The Labute approximate surface area is 126 Å². The van der Waals surface area contributed by atoms with Crippen molar-refractivity contribution in [2.24, 2.45) is 0 Å². The number of ether oxygens (including phenoxy) is 2. The fourth-order valence-corrected chi connectivity index (χ4v) is 2.45. The number of allylic oxidation sites excluding steroid dienone is 2. The highest BCUT2D eigenvalue weighted by Gasteiger charge is 2.12. The van der Waals surface area contributed by atoms with Gasteiger partial charge in [-0.2, -0.15) is 0 Å². The third-order valence-electron chi connectivity index (χ3n) is 3.77. The summed E-state index contributed by atoms with van der Waals surface area (Å²) >= 11 is 0. The van der Waals surface area contributed by atoms with Gasteiger partial charge in [-0.05, 0) is 49.4 Å². The molecule has 3 rings (SSSR count). The molecule has 0 unspecified atom stereocenters. The number of hydrogen-bond donors (Lipinski definition) is 0. The summed E-state index contributed by atoms with van der Waals surface area (Å²) in [4.78, 5) is 0. The molecule has 2 heteroatoms. The fraction of sp³-hybridized carbons (Fsp3) is 0.263. The Bertz CT molecular complexity index is 629. The molecule has 0 N–H and O–H groups in total. The van der Waals surface area contributed by atoms with Crippen LogP contribution in [-0.2, 0) is 12.8 Å². The van der Waals surface area contributed by atoms with Gasteiger partial charge in [0.25, 0.3) is 0 Å². The van der Waals surface area contributed by atoms with Crippen molar-refractivity contribution in [1.29, 1.82) is 0 Å². The van der Waals surface area contributed by atoms with Gasteiger partial charge in [0, 0.05) is 0 Å². The molecule has 0 aliphatic carbocycles. The lowest BCUT2D eigenvalue weighted by atomic mass is 10.0. The van der Waals surface area contributed by atoms with Crippen LogP contribution in [0.4, 0.5) is 0 Å². The lowest BCUT2D eigenvalue weighted by Gasteiger charge is -2.04. The Balaban J connectivity index is 1.54. The second-order valence-electron chi connectivity index (χ2n) is 5.43. The quantitative estimate of drug-likeness (QED) is 0.749. The van der Waals surface area contributed by atoms with E-state index >= 15 is 0 Å². The molecule has 0 bridgehead atoms. The van der Waals surface area contributed by atoms with E-state index in [-0.39, 0.29) is 0 Å². The summed E-state index contributed by atoms with van der Waals surface area (Å²) in [5.74, 6) is 1.73. The van der Waals surface area contributed by atoms with Crippen LogP contribution in [0.25, 0.3) is 0 Å². The standard InChI is InChI=1S/C19H20O2/c1-15(7-9-16-5-3-2-4-6-16)8-10-17-11-12-18-19(13-17)21-14-20-18/h2-7,11-13H,8-10,14H2,1H3. The van der Waals surface area contributed by atoms with E-state index in [1.54, 1.807) is 0 Å². The largest absolute Gasteiger partial charge is 0.454 e. The maximum Gasteiger partial charge on any atom is 0.231 e. The summed E-state index contributed by atoms with van der Waals surface area (Å²) in [7, 11) is 0. The highest BCUT2D eigenvalue weighted by molar-refractivity contribution is 5.44. The zero-order valence-corrected chi connectivity index (χ0v) is 12.3. The molecule has 0 amide bonds. The average molecular weight is 280 g/mol. The summed E-state index contributed by atoms with van der Waals surface area (Å²) in [6.07, 6.45) is 5.44. The van der Waals surface area contributed by atoms with Crippen LogP contribution in [-0.4, -0.2) is 6.79 Å². The lowest BCUT2D eigenvalue weighted by molar-refractivity contribution is 0.174. The predicted molar refractivity (Wildman–Crippen MR) is 84.8 cm³/mol. The van der Waals surface area contributed by atoms with Crippen molar-refractivity contribution in [3.8, 4) is 11.5 Å². The van der Waals surface area contributed by atoms with Gasteiger partial charge in [-0.15, -0.1) is 0 Å². The molecule has 0 aromatic heterocycles. The molecular formula is C19H20O2. The molecule has 2 aromatic carbocycles. The van der Waals surface area contributed by atoms with E-state index in [2.05, 4.69) is 55.5 Å². The Morgan fingerprint density at radius 2 is 1.81 bits per heavy atom. The second kappa shape index (κ2) is 6.49. The SMILES string of the molecule is CC(=CCc1ccccc1)CCc1ccc2c(c1)OCO2. The average Bonchev–Trinajstić information content (AvgIpc) is 2.99. The van der Waals surface area contributed by atoms with Gasteiger partial charge in [0.2, 0.25) is 6.79 Å². The summed E-state index contributed by atoms with van der Waals surface area (Å²) in [5, 5.41) is 0. The first-order valence-electron chi connectivity index (χ1n) is 7.39. The third kappa shape index (κ3) is 3.66. The molecule has 0 fully saturated rings. The smallest absolute Gasteiger partial charge is 0.231 e. The van der Waals surface area contributed by atoms with E-state index in [4.69, 9.17) is 9.47 Å². The first-order chi connectivity index (χ1) is 10.3. The summed E-state index contributed by atoms with van der Waals surface area (Å²) < 4.78 is 10.7. The minimum Gasteiger partial charge on any atom is -0.454 e. The maximum atomic E-state index is 5.41. The normalized spacial score (nSPS) is 13.5. The molecule has 1 aliphatic rings. The highest BCUT2D eigenvalue weighted by Crippen LogP contribution is 2.32. The van der Waals surface area contributed by atoms with Gasteiger partial charge in [0.05, 0.1) is 0 Å². The molecule has 108 valence electrons. The number of hydrogen-bond acceptors (Lipinski definition) is 2. The van der Waals surface area contributed by atoms with Crippen LogP contribution < -0.4 is 9.47 Å². The van der Waals surface area contributed by atoms with Gasteiger partial charge >= 0.3 is 0 Å². The van der Waals surface area contributed by atoms with Crippen molar-refractivity contribution in [3.05, 3.63) is 71.3 Å². The van der Waals surface area contributed by atoms with Gasteiger partial charge in [-0.1, -0.05) is 48.0 Å². The first-order valence-corrected chi connectivity index (χ1v) is 7.39. The van der Waals surface area contributed by atoms with Gasteiger partial charge in [-0.3, -0.25) is 0 Å². The van der Waals surface area contributed by atoms with Crippen LogP contribution in [0.1, 0.15) is 24.5 Å². The van der Waals surface area contributed by atoms with Gasteiger partial charge in [0.1, 0.15) is 0 Å². The molecule has 0 spiro atoms. The Morgan fingerprint density at radius 3 is 2.67 bits per heavy atom. The number of rotatable bonds is 5. The van der Waals surface area contributed by atoms with Crippen LogP contribution in [0.2, 0.25) is 0 Å². The zero-order valence-electron chi connectivity index (χ0n) is 12.3. The topological polar surface area (TPSA) is 18.5 Å². The van der Waals surface area contributed by atoms with Crippen molar-refractivity contribution in [2.75, 3.05) is 6.79 Å². The van der Waals surface area contributed by atoms with Crippen molar-refractivity contribution in [1.82, 2.24) is 0 Å². The monoisotopic (exact) mass is 280 g/mol. The molecule has 1 heterocycles. The van der Waals surface area contributed by atoms with Gasteiger partial charge in [0.15, 0.2) is 11.5 Å². The summed E-state index contributed by atoms with van der Waals surface area (Å²) in [6, 6.07) is 16.8. The Morgan fingerprint density at radius 1 is 1.00 bits per heavy atom. The Kier molecular flexibility index (Phi) is 4.25. The van der Waals surface area contributed by atoms with E-state index in [0.717, 1.165) is 30.8 Å². The minimum absolute atomic E-state index is 0.342. The minimum atomic E-state index is 0.342. The van der Waals surface area contributed by atoms with Crippen LogP contribution in [0.3, 0.4) is 0 Å². The molecule has 1 aliphatic heterocycles. The van der Waals surface area contributed by atoms with E-state index in [1.807, 2.05) is 6.07 Å². The molecule has 0 saturated heterocycles. The van der Waals surface area contributed by atoms with E-state index < -0.39 is 0 Å². The maximum absolute atomic E-state index is 5.41. The molecule has 0 radical (unpaired) electrons. The van der Waals surface area contributed by atoms with E-state index in [0.29, 0.717) is 6.79 Å². The fourth-order valence-electron chi connectivity index (χ4n) is 2.45. The van der Waals surface area contributed by atoms with E-state index in [9.17, 15) is 0 Å². The van der Waals surface area contributed by atoms with Crippen molar-refractivity contribution in [3.63, 3.8) is 0 Å². The molecule has 0 atom stereocenters. The number of benzene rings is 2. The van der Waals surface area contributed by atoms with Crippen LogP contribution in [0, 0.1) is 0 Å². The van der Waals surface area contributed by atoms with Gasteiger partial charge in [-0.25, -0.2) is 0 Å². The van der Waals surface area contributed by atoms with Crippen LogP contribution in [0.5, 0.6) is 11.5 Å². The highest BCUT2D eigenvalue weighted by atomic mass is 16.7. The predicted octanol–water partition coefficient (Wildman–Crippen LogP) is 4.54. The van der Waals surface area contributed by atoms with E-state index in [1.165, 1.54) is 16.7 Å². The van der Waals surface area contributed by atoms with Crippen molar-refractivity contribution < 1.29 is 9.47 Å². The second-order valence-corrected chi connectivity index (χ2v) is 5.43.